The van der Waals surface area contributed by atoms with Gasteiger partial charge in [-0.3, -0.25) is 10.1 Å². The van der Waals surface area contributed by atoms with Gasteiger partial charge in [0.15, 0.2) is 0 Å². The molecule has 2 unspecified atom stereocenters. The summed E-state index contributed by atoms with van der Waals surface area (Å²) in [5.41, 5.74) is 3.38. The van der Waals surface area contributed by atoms with Crippen LogP contribution in [0.2, 0.25) is 0 Å². The van der Waals surface area contributed by atoms with Gasteiger partial charge in [-0.15, -0.1) is 0 Å². The number of hydrogen-bond donors (Lipinski definition) is 1. The molecule has 6 nitrogen and oxygen atoms in total. The highest BCUT2D eigenvalue weighted by Crippen LogP contribution is 2.22. The standard InChI is InChI=1S/C11H16N2O4/c1-8(13(14)15)11(12-17-3)9-5-4-6-10(7-9)16-2/h4-8,11-12H,1-3H3. The second-order valence-corrected chi connectivity index (χ2v) is 3.60. The average Bonchev–Trinajstić information content (AvgIpc) is 2.35. The quantitative estimate of drug-likeness (QED) is 0.603. The van der Waals surface area contributed by atoms with Gasteiger partial charge in [0.05, 0.1) is 14.2 Å². The van der Waals surface area contributed by atoms with E-state index in [-0.39, 0.29) is 4.92 Å². The molecule has 0 bridgehead atoms. The number of methoxy groups -OCH3 is 1. The molecule has 94 valence electrons. The predicted octanol–water partition coefficient (Wildman–Crippen LogP) is 1.55. The monoisotopic (exact) mass is 240 g/mol. The molecule has 6 heteroatoms. The van der Waals surface area contributed by atoms with Crippen molar-refractivity contribution in [3.63, 3.8) is 0 Å². The molecule has 0 heterocycles. The summed E-state index contributed by atoms with van der Waals surface area (Å²) in [4.78, 5) is 15.3. The van der Waals surface area contributed by atoms with E-state index in [1.165, 1.54) is 14.0 Å². The molecule has 17 heavy (non-hydrogen) atoms. The number of nitrogens with one attached hydrogen (secondary N) is 1. The minimum absolute atomic E-state index is 0.351. The Morgan fingerprint density at radius 2 is 2.12 bits per heavy atom. The second kappa shape index (κ2) is 6.17. The molecular formula is C11H16N2O4. The number of benzene rings is 1. The molecule has 1 rings (SSSR count). The van der Waals surface area contributed by atoms with Crippen molar-refractivity contribution in [3.05, 3.63) is 39.9 Å². The predicted molar refractivity (Wildman–Crippen MR) is 62.3 cm³/mol. The number of nitrogens with zero attached hydrogens (tertiary/aromatic N) is 1. The summed E-state index contributed by atoms with van der Waals surface area (Å²) in [6.07, 6.45) is 0. The lowest BCUT2D eigenvalue weighted by molar-refractivity contribution is -0.525. The van der Waals surface area contributed by atoms with Crippen LogP contribution in [0.3, 0.4) is 0 Å². The molecular weight excluding hydrogens is 224 g/mol. The molecule has 0 aliphatic heterocycles. The molecule has 2 atom stereocenters. The normalized spacial score (nSPS) is 14.1. The van der Waals surface area contributed by atoms with E-state index in [9.17, 15) is 10.1 Å². The first-order chi connectivity index (χ1) is 8.10. The van der Waals surface area contributed by atoms with Crippen molar-refractivity contribution < 1.29 is 14.5 Å². The van der Waals surface area contributed by atoms with Gasteiger partial charge in [0.1, 0.15) is 11.8 Å². The Morgan fingerprint density at radius 3 is 2.65 bits per heavy atom. The summed E-state index contributed by atoms with van der Waals surface area (Å²) in [5, 5.41) is 10.8. The number of hydroxylamine groups is 1. The van der Waals surface area contributed by atoms with E-state index in [2.05, 4.69) is 5.48 Å². The van der Waals surface area contributed by atoms with Crippen molar-refractivity contribution in [2.75, 3.05) is 14.2 Å². The Bertz CT molecular complexity index is 383. The van der Waals surface area contributed by atoms with Crippen LogP contribution in [0.5, 0.6) is 5.75 Å². The molecule has 0 aliphatic carbocycles. The van der Waals surface area contributed by atoms with Gasteiger partial charge in [-0.1, -0.05) is 12.1 Å². The molecule has 0 amide bonds. The van der Waals surface area contributed by atoms with Gasteiger partial charge in [-0.25, -0.2) is 0 Å². The van der Waals surface area contributed by atoms with Crippen LogP contribution in [-0.2, 0) is 4.84 Å². The lowest BCUT2D eigenvalue weighted by atomic mass is 10.0. The molecule has 1 N–H and O–H groups in total. The minimum Gasteiger partial charge on any atom is -0.497 e. The Labute approximate surface area is 99.6 Å². The fourth-order valence-corrected chi connectivity index (χ4v) is 1.53. The van der Waals surface area contributed by atoms with E-state index in [1.807, 2.05) is 0 Å². The van der Waals surface area contributed by atoms with Gasteiger partial charge in [0, 0.05) is 11.8 Å². The number of hydrogen-bond acceptors (Lipinski definition) is 5. The first-order valence-electron chi connectivity index (χ1n) is 5.16. The summed E-state index contributed by atoms with van der Waals surface area (Å²) in [5.74, 6) is 0.654. The van der Waals surface area contributed by atoms with Crippen molar-refractivity contribution in [2.45, 2.75) is 19.0 Å². The first-order valence-corrected chi connectivity index (χ1v) is 5.16. The zero-order chi connectivity index (χ0) is 12.8. The SMILES string of the molecule is CONC(c1cccc(OC)c1)C(C)[N+](=O)[O-]. The van der Waals surface area contributed by atoms with Crippen molar-refractivity contribution in [1.29, 1.82) is 0 Å². The molecule has 0 aromatic heterocycles. The third kappa shape index (κ3) is 3.40. The maximum absolute atomic E-state index is 10.8. The van der Waals surface area contributed by atoms with Gasteiger partial charge in [0.25, 0.3) is 0 Å². The molecule has 0 fully saturated rings. The fourth-order valence-electron chi connectivity index (χ4n) is 1.53. The van der Waals surface area contributed by atoms with Crippen molar-refractivity contribution in [2.24, 2.45) is 0 Å². The van der Waals surface area contributed by atoms with Gasteiger partial charge < -0.3 is 9.57 Å². The van der Waals surface area contributed by atoms with Crippen molar-refractivity contribution >= 4 is 0 Å². The summed E-state index contributed by atoms with van der Waals surface area (Å²) in [6, 6.07) is 5.78. The highest BCUT2D eigenvalue weighted by atomic mass is 16.6. The summed E-state index contributed by atoms with van der Waals surface area (Å²) < 4.78 is 5.08. The van der Waals surface area contributed by atoms with Crippen LogP contribution in [0.15, 0.2) is 24.3 Å². The van der Waals surface area contributed by atoms with Crippen LogP contribution in [0.4, 0.5) is 0 Å². The van der Waals surface area contributed by atoms with Crippen LogP contribution in [0, 0.1) is 10.1 Å². The van der Waals surface area contributed by atoms with Crippen LogP contribution < -0.4 is 10.2 Å². The van der Waals surface area contributed by atoms with Crippen molar-refractivity contribution in [3.8, 4) is 5.75 Å². The topological polar surface area (TPSA) is 73.6 Å². The number of rotatable bonds is 6. The van der Waals surface area contributed by atoms with Crippen LogP contribution in [-0.4, -0.2) is 25.2 Å². The minimum atomic E-state index is -0.804. The first kappa shape index (κ1) is 13.4. The fraction of sp³-hybridized carbons (Fsp3) is 0.455. The van der Waals surface area contributed by atoms with Crippen LogP contribution >= 0.6 is 0 Å². The molecule has 1 aromatic carbocycles. The zero-order valence-electron chi connectivity index (χ0n) is 10.0. The smallest absolute Gasteiger partial charge is 0.231 e. The van der Waals surface area contributed by atoms with Gasteiger partial charge in [-0.05, 0) is 17.7 Å². The largest absolute Gasteiger partial charge is 0.497 e. The van der Waals surface area contributed by atoms with E-state index in [1.54, 1.807) is 31.4 Å². The second-order valence-electron chi connectivity index (χ2n) is 3.60. The maximum Gasteiger partial charge on any atom is 0.231 e. The molecule has 0 saturated heterocycles. The summed E-state index contributed by atoms with van der Waals surface area (Å²) >= 11 is 0. The molecule has 0 aliphatic rings. The molecule has 0 saturated carbocycles. The highest BCUT2D eigenvalue weighted by Gasteiger charge is 2.28. The van der Waals surface area contributed by atoms with Crippen LogP contribution in [0.25, 0.3) is 0 Å². The van der Waals surface area contributed by atoms with Gasteiger partial charge >= 0.3 is 0 Å². The van der Waals surface area contributed by atoms with Crippen LogP contribution in [0.1, 0.15) is 18.5 Å². The Balaban J connectivity index is 2.99. The van der Waals surface area contributed by atoms with E-state index < -0.39 is 12.1 Å². The Hall–Kier alpha value is -1.66. The van der Waals surface area contributed by atoms with Crippen molar-refractivity contribution in [1.82, 2.24) is 5.48 Å². The van der Waals surface area contributed by atoms with E-state index in [0.29, 0.717) is 5.75 Å². The summed E-state index contributed by atoms with van der Waals surface area (Å²) in [6.45, 7) is 1.52. The third-order valence-electron chi connectivity index (χ3n) is 2.51. The molecule has 0 radical (unpaired) electrons. The Morgan fingerprint density at radius 1 is 1.41 bits per heavy atom. The number of nitro groups is 1. The lowest BCUT2D eigenvalue weighted by Crippen LogP contribution is -2.34. The van der Waals surface area contributed by atoms with E-state index in [4.69, 9.17) is 9.57 Å². The van der Waals surface area contributed by atoms with Gasteiger partial charge in [-0.2, -0.15) is 5.48 Å². The Kier molecular flexibility index (Phi) is 4.86. The highest BCUT2D eigenvalue weighted by molar-refractivity contribution is 5.30. The molecule has 0 spiro atoms. The third-order valence-corrected chi connectivity index (χ3v) is 2.51. The number of ether oxygens (including phenoxy) is 1. The van der Waals surface area contributed by atoms with E-state index in [0.717, 1.165) is 5.56 Å². The lowest BCUT2D eigenvalue weighted by Gasteiger charge is -2.19. The zero-order valence-corrected chi connectivity index (χ0v) is 10.0. The van der Waals surface area contributed by atoms with Gasteiger partial charge in [0.2, 0.25) is 6.04 Å². The molecule has 1 aromatic rings. The maximum atomic E-state index is 10.8. The average molecular weight is 240 g/mol. The summed E-state index contributed by atoms with van der Waals surface area (Å²) in [7, 11) is 2.98. The van der Waals surface area contributed by atoms with E-state index >= 15 is 0 Å².